The number of ketones is 1. The van der Waals surface area contributed by atoms with E-state index in [1.807, 2.05) is 30.3 Å². The first-order valence-corrected chi connectivity index (χ1v) is 5.12. The van der Waals surface area contributed by atoms with Crippen LogP contribution in [0, 0.1) is 5.92 Å². The Morgan fingerprint density at radius 2 is 1.82 bits per heavy atom. The molecular formula is C12H16BrNO3. The summed E-state index contributed by atoms with van der Waals surface area (Å²) in [5, 5.41) is 8.99. The first kappa shape index (κ1) is 15.8. The van der Waals surface area contributed by atoms with Crippen molar-refractivity contribution in [3.05, 3.63) is 35.9 Å². The van der Waals surface area contributed by atoms with E-state index in [1.54, 1.807) is 0 Å². The fraction of sp³-hybridized carbons (Fsp3) is 0.333. The summed E-state index contributed by atoms with van der Waals surface area (Å²) in [5.74, 6) is -1.85. The van der Waals surface area contributed by atoms with Crippen molar-refractivity contribution >= 4 is 28.7 Å². The minimum absolute atomic E-state index is 0. The first-order valence-electron chi connectivity index (χ1n) is 5.12. The molecule has 0 aromatic heterocycles. The smallest absolute Gasteiger partial charge is 0.307 e. The van der Waals surface area contributed by atoms with Gasteiger partial charge in [-0.05, 0) is 12.0 Å². The zero-order chi connectivity index (χ0) is 12.0. The molecule has 1 atom stereocenters. The summed E-state index contributed by atoms with van der Waals surface area (Å²) < 4.78 is 0. The quantitative estimate of drug-likeness (QED) is 0.833. The van der Waals surface area contributed by atoms with Crippen molar-refractivity contribution in [2.75, 3.05) is 6.54 Å². The van der Waals surface area contributed by atoms with Crippen molar-refractivity contribution in [2.45, 2.75) is 12.8 Å². The largest absolute Gasteiger partial charge is 0.481 e. The molecular weight excluding hydrogens is 286 g/mol. The standard InChI is InChI=1S/C12H15NO3.BrH/c13-8-11(14)7-10(12(15)16)6-9-4-2-1-3-5-9;/h1-5,10H,6-8,13H2,(H,15,16);1H. The number of hydrogen-bond acceptors (Lipinski definition) is 3. The summed E-state index contributed by atoms with van der Waals surface area (Å²) in [5.41, 5.74) is 6.09. The topological polar surface area (TPSA) is 80.4 Å². The van der Waals surface area contributed by atoms with Gasteiger partial charge in [0, 0.05) is 6.42 Å². The predicted octanol–water partition coefficient (Wildman–Crippen LogP) is 1.43. The van der Waals surface area contributed by atoms with Crippen LogP contribution in [0.15, 0.2) is 30.3 Å². The van der Waals surface area contributed by atoms with E-state index < -0.39 is 11.9 Å². The fourth-order valence-corrected chi connectivity index (χ4v) is 1.50. The molecule has 0 saturated heterocycles. The van der Waals surface area contributed by atoms with Crippen molar-refractivity contribution in [3.8, 4) is 0 Å². The Labute approximate surface area is 111 Å². The highest BCUT2D eigenvalue weighted by molar-refractivity contribution is 8.93. The van der Waals surface area contributed by atoms with Crippen molar-refractivity contribution in [1.29, 1.82) is 0 Å². The molecule has 1 aromatic rings. The number of benzene rings is 1. The summed E-state index contributed by atoms with van der Waals surface area (Å²) in [6.07, 6.45) is 0.364. The van der Waals surface area contributed by atoms with E-state index in [0.717, 1.165) is 5.56 Å². The van der Waals surface area contributed by atoms with Gasteiger partial charge in [0.05, 0.1) is 12.5 Å². The SMILES string of the molecule is Br.NCC(=O)CC(Cc1ccccc1)C(=O)O. The molecule has 0 aliphatic rings. The molecule has 94 valence electrons. The molecule has 0 heterocycles. The summed E-state index contributed by atoms with van der Waals surface area (Å²) in [7, 11) is 0. The van der Waals surface area contributed by atoms with Crippen LogP contribution in [0.5, 0.6) is 0 Å². The summed E-state index contributed by atoms with van der Waals surface area (Å²) in [6, 6.07) is 9.26. The van der Waals surface area contributed by atoms with E-state index in [4.69, 9.17) is 10.8 Å². The number of carbonyl (C=O) groups is 2. The Hall–Kier alpha value is -1.20. The van der Waals surface area contributed by atoms with Gasteiger partial charge in [0.2, 0.25) is 0 Å². The summed E-state index contributed by atoms with van der Waals surface area (Å²) in [4.78, 5) is 22.1. The van der Waals surface area contributed by atoms with Crippen LogP contribution in [-0.4, -0.2) is 23.4 Å². The molecule has 3 N–H and O–H groups in total. The molecule has 0 saturated carbocycles. The van der Waals surface area contributed by atoms with E-state index in [2.05, 4.69) is 0 Å². The molecule has 4 nitrogen and oxygen atoms in total. The number of carboxylic acid groups (broad SMARTS) is 1. The van der Waals surface area contributed by atoms with E-state index >= 15 is 0 Å². The molecule has 1 aromatic carbocycles. The molecule has 0 aliphatic carbocycles. The van der Waals surface area contributed by atoms with Gasteiger partial charge in [-0.2, -0.15) is 0 Å². The van der Waals surface area contributed by atoms with E-state index in [-0.39, 0.29) is 35.7 Å². The minimum Gasteiger partial charge on any atom is -0.481 e. The second kappa shape index (κ2) is 7.97. The zero-order valence-corrected chi connectivity index (χ0v) is 11.0. The van der Waals surface area contributed by atoms with Crippen LogP contribution in [-0.2, 0) is 16.0 Å². The maximum absolute atomic E-state index is 11.1. The normalized spacial score (nSPS) is 11.4. The Kier molecular flexibility index (Phi) is 7.41. The molecule has 0 radical (unpaired) electrons. The number of aliphatic carboxylic acids is 1. The Balaban J connectivity index is 0.00000256. The van der Waals surface area contributed by atoms with Crippen LogP contribution in [0.3, 0.4) is 0 Å². The Morgan fingerprint density at radius 3 is 2.29 bits per heavy atom. The number of carbonyl (C=O) groups excluding carboxylic acids is 1. The molecule has 5 heteroatoms. The first-order chi connectivity index (χ1) is 7.63. The molecule has 0 fully saturated rings. The van der Waals surface area contributed by atoms with Gasteiger partial charge in [0.25, 0.3) is 0 Å². The monoisotopic (exact) mass is 301 g/mol. The van der Waals surface area contributed by atoms with Crippen molar-refractivity contribution in [1.82, 2.24) is 0 Å². The Bertz CT molecular complexity index is 367. The highest BCUT2D eigenvalue weighted by atomic mass is 79.9. The zero-order valence-electron chi connectivity index (χ0n) is 9.33. The molecule has 1 rings (SSSR count). The van der Waals surface area contributed by atoms with Gasteiger partial charge < -0.3 is 10.8 Å². The maximum Gasteiger partial charge on any atom is 0.307 e. The van der Waals surface area contributed by atoms with Gasteiger partial charge in [-0.25, -0.2) is 0 Å². The average Bonchev–Trinajstić information content (AvgIpc) is 2.29. The molecule has 1 unspecified atom stereocenters. The lowest BCUT2D eigenvalue weighted by Crippen LogP contribution is -2.24. The number of hydrogen-bond donors (Lipinski definition) is 2. The highest BCUT2D eigenvalue weighted by Gasteiger charge is 2.20. The van der Waals surface area contributed by atoms with E-state index in [9.17, 15) is 9.59 Å². The number of nitrogens with two attached hydrogens (primary N) is 1. The van der Waals surface area contributed by atoms with Gasteiger partial charge in [-0.1, -0.05) is 30.3 Å². The lowest BCUT2D eigenvalue weighted by Gasteiger charge is -2.10. The third-order valence-corrected chi connectivity index (χ3v) is 2.38. The molecule has 0 amide bonds. The van der Waals surface area contributed by atoms with Gasteiger partial charge in [-0.15, -0.1) is 17.0 Å². The maximum atomic E-state index is 11.1. The van der Waals surface area contributed by atoms with Crippen LogP contribution in [0.25, 0.3) is 0 Å². The van der Waals surface area contributed by atoms with Gasteiger partial charge in [0.1, 0.15) is 5.78 Å². The van der Waals surface area contributed by atoms with Crippen molar-refractivity contribution < 1.29 is 14.7 Å². The minimum atomic E-state index is -0.953. The Morgan fingerprint density at radius 1 is 1.24 bits per heavy atom. The highest BCUT2D eigenvalue weighted by Crippen LogP contribution is 2.12. The molecule has 0 aliphatic heterocycles. The van der Waals surface area contributed by atoms with Crippen LogP contribution < -0.4 is 5.73 Å². The second-order valence-electron chi connectivity index (χ2n) is 3.67. The number of Topliss-reactive ketones (excluding diaryl/α,β-unsaturated/α-hetero) is 1. The lowest BCUT2D eigenvalue weighted by molar-refractivity contribution is -0.143. The van der Waals surface area contributed by atoms with Crippen LogP contribution in [0.4, 0.5) is 0 Å². The summed E-state index contributed by atoms with van der Waals surface area (Å²) >= 11 is 0. The van der Waals surface area contributed by atoms with Gasteiger partial charge in [-0.3, -0.25) is 9.59 Å². The molecule has 0 bridgehead atoms. The van der Waals surface area contributed by atoms with Crippen molar-refractivity contribution in [2.24, 2.45) is 11.7 Å². The van der Waals surface area contributed by atoms with E-state index in [0.29, 0.717) is 6.42 Å². The number of halogens is 1. The average molecular weight is 302 g/mol. The number of rotatable bonds is 6. The number of carboxylic acids is 1. The van der Waals surface area contributed by atoms with Crippen LogP contribution in [0.2, 0.25) is 0 Å². The third kappa shape index (κ3) is 5.60. The second-order valence-corrected chi connectivity index (χ2v) is 3.67. The lowest BCUT2D eigenvalue weighted by atomic mass is 9.94. The molecule has 0 spiro atoms. The van der Waals surface area contributed by atoms with Crippen LogP contribution in [0.1, 0.15) is 12.0 Å². The van der Waals surface area contributed by atoms with Crippen LogP contribution >= 0.6 is 17.0 Å². The van der Waals surface area contributed by atoms with Gasteiger partial charge >= 0.3 is 5.97 Å². The van der Waals surface area contributed by atoms with Crippen molar-refractivity contribution in [3.63, 3.8) is 0 Å². The van der Waals surface area contributed by atoms with Gasteiger partial charge in [0.15, 0.2) is 0 Å². The fourth-order valence-electron chi connectivity index (χ4n) is 1.50. The van der Waals surface area contributed by atoms with E-state index in [1.165, 1.54) is 0 Å². The summed E-state index contributed by atoms with van der Waals surface area (Å²) in [6.45, 7) is -0.0986. The third-order valence-electron chi connectivity index (χ3n) is 2.38. The molecule has 17 heavy (non-hydrogen) atoms. The predicted molar refractivity (Wildman–Crippen MR) is 70.3 cm³/mol.